The minimum absolute atomic E-state index is 0.0839. The summed E-state index contributed by atoms with van der Waals surface area (Å²) in [4.78, 5) is 34.1. The molecule has 0 aliphatic carbocycles. The average Bonchev–Trinajstić information content (AvgIpc) is 3.38. The van der Waals surface area contributed by atoms with E-state index >= 15 is 0 Å². The lowest BCUT2D eigenvalue weighted by Crippen LogP contribution is -2.49. The number of aromatic hydroxyl groups is 1. The monoisotopic (exact) mass is 625 g/mol. The van der Waals surface area contributed by atoms with Gasteiger partial charge in [-0.25, -0.2) is 14.2 Å². The van der Waals surface area contributed by atoms with Crippen molar-refractivity contribution in [2.45, 2.75) is 56.9 Å². The normalized spacial score (nSPS) is 17.0. The third-order valence-electron chi connectivity index (χ3n) is 8.70. The van der Waals surface area contributed by atoms with E-state index < -0.39 is 52.6 Å². The first-order chi connectivity index (χ1) is 21.5. The highest BCUT2D eigenvalue weighted by molar-refractivity contribution is 5.35. The number of benzene rings is 2. The van der Waals surface area contributed by atoms with Crippen LogP contribution in [-0.2, 0) is 42.8 Å². The van der Waals surface area contributed by atoms with Crippen molar-refractivity contribution in [2.24, 2.45) is 5.73 Å². The predicted molar refractivity (Wildman–Crippen MR) is 156 cm³/mol. The van der Waals surface area contributed by atoms with Gasteiger partial charge < -0.3 is 15.6 Å². The third kappa shape index (κ3) is 5.90. The number of halogens is 4. The molecule has 0 unspecified atom stereocenters. The van der Waals surface area contributed by atoms with Gasteiger partial charge >= 0.3 is 11.9 Å². The van der Waals surface area contributed by atoms with Crippen molar-refractivity contribution in [2.75, 3.05) is 13.1 Å². The second kappa shape index (κ2) is 11.9. The Hall–Kier alpha value is -4.33. The molecule has 0 amide bonds. The topological polar surface area (TPSA) is 116 Å². The highest BCUT2D eigenvalue weighted by Crippen LogP contribution is 2.43. The molecule has 1 fully saturated rings. The summed E-state index contributed by atoms with van der Waals surface area (Å²) < 4.78 is 65.0. The number of hydrogen-bond acceptors (Lipinski definition) is 7. The maximum Gasteiger partial charge on any atom is 0.416 e. The van der Waals surface area contributed by atoms with Gasteiger partial charge in [-0.15, -0.1) is 0 Å². The van der Waals surface area contributed by atoms with Crippen molar-refractivity contribution in [3.05, 3.63) is 127 Å². The molecule has 2 aromatic carbocycles. The molecule has 9 nitrogen and oxygen atoms in total. The van der Waals surface area contributed by atoms with Crippen LogP contribution < -0.4 is 17.0 Å². The van der Waals surface area contributed by atoms with E-state index in [1.165, 1.54) is 6.07 Å². The molecule has 2 aromatic heterocycles. The first-order valence-electron chi connectivity index (χ1n) is 14.5. The zero-order chi connectivity index (χ0) is 31.9. The number of ether oxygens (including phenoxy) is 1. The zero-order valence-electron chi connectivity index (χ0n) is 24.1. The molecule has 1 saturated heterocycles. The van der Waals surface area contributed by atoms with E-state index in [9.17, 15) is 32.3 Å². The first-order valence-corrected chi connectivity index (χ1v) is 14.5. The van der Waals surface area contributed by atoms with E-state index in [0.29, 0.717) is 38.0 Å². The van der Waals surface area contributed by atoms with Gasteiger partial charge in [-0.3, -0.25) is 18.8 Å². The number of alkyl halides is 3. The Morgan fingerprint density at radius 1 is 0.978 bits per heavy atom. The second-order valence-corrected chi connectivity index (χ2v) is 11.5. The third-order valence-corrected chi connectivity index (χ3v) is 8.70. The highest BCUT2D eigenvalue weighted by atomic mass is 19.4. The van der Waals surface area contributed by atoms with Crippen LogP contribution in [0, 0.1) is 5.82 Å². The number of aromatic nitrogens is 3. The fourth-order valence-corrected chi connectivity index (χ4v) is 6.33. The molecule has 2 aliphatic rings. The molecule has 2 aliphatic heterocycles. The molecule has 0 bridgehead atoms. The van der Waals surface area contributed by atoms with Gasteiger partial charge in [0.05, 0.1) is 36.5 Å². The summed E-state index contributed by atoms with van der Waals surface area (Å²) in [6.45, 7) is 0.377. The number of hydrogen-bond donors (Lipinski definition) is 2. The molecule has 1 atom stereocenters. The number of likely N-dealkylation sites (tertiary alicyclic amines) is 1. The smallest absolute Gasteiger partial charge is 0.416 e. The van der Waals surface area contributed by atoms with Crippen LogP contribution in [-0.4, -0.2) is 37.2 Å². The molecule has 0 radical (unpaired) electrons. The van der Waals surface area contributed by atoms with Crippen LogP contribution in [0.5, 0.6) is 5.88 Å². The van der Waals surface area contributed by atoms with E-state index in [0.717, 1.165) is 32.9 Å². The van der Waals surface area contributed by atoms with Crippen LogP contribution in [0.4, 0.5) is 17.6 Å². The van der Waals surface area contributed by atoms with Gasteiger partial charge in [0.2, 0.25) is 5.88 Å². The average molecular weight is 626 g/mol. The first kappa shape index (κ1) is 30.7. The standard InChI is InChI=1S/C32H31F4N5O4/c33-24-8-4-7-23(32(34,35)36)22(24)17-40-26-19-45-31(11-13-39(14-12-31)16-20-9-10-27(42)38-15-20)28(26)29(43)41(30(40)44)18-25(37)21-5-2-1-3-6-21/h1-10,15,25H,11-14,16-19,37H2,(H,38,42)/t25-/m0/s1. The number of fused-ring (bicyclic) bond motifs is 2. The fraction of sp³-hybridized carbons (Fsp3) is 0.344. The van der Waals surface area contributed by atoms with Gasteiger partial charge in [0, 0.05) is 43.5 Å². The van der Waals surface area contributed by atoms with Gasteiger partial charge in [-0.05, 0) is 36.1 Å². The van der Waals surface area contributed by atoms with Crippen LogP contribution in [0.15, 0.2) is 76.4 Å². The summed E-state index contributed by atoms with van der Waals surface area (Å²) in [6.07, 6.45) is -2.55. The van der Waals surface area contributed by atoms with Crippen molar-refractivity contribution in [1.29, 1.82) is 0 Å². The summed E-state index contributed by atoms with van der Waals surface area (Å²) >= 11 is 0. The number of nitrogens with two attached hydrogens (primary N) is 1. The SMILES string of the molecule is N[C@@H](Cn1c(=O)c2c(n(Cc3c(F)cccc3C(F)(F)F)c1=O)COC21CCN(Cc2ccc(O)nc2)CC1)c1ccccc1. The minimum atomic E-state index is -4.87. The van der Waals surface area contributed by atoms with Crippen molar-refractivity contribution in [3.63, 3.8) is 0 Å². The minimum Gasteiger partial charge on any atom is -0.493 e. The molecule has 45 heavy (non-hydrogen) atoms. The molecule has 1 spiro atoms. The van der Waals surface area contributed by atoms with Crippen molar-refractivity contribution >= 4 is 0 Å². The van der Waals surface area contributed by atoms with Gasteiger partial charge in [-0.2, -0.15) is 13.2 Å². The number of rotatable bonds is 7. The molecule has 13 heteroatoms. The van der Waals surface area contributed by atoms with E-state index in [-0.39, 0.29) is 30.3 Å². The number of pyridine rings is 1. The molecule has 3 N–H and O–H groups in total. The van der Waals surface area contributed by atoms with Crippen molar-refractivity contribution < 1.29 is 27.4 Å². The molecule has 0 saturated carbocycles. The Balaban J connectivity index is 1.41. The van der Waals surface area contributed by atoms with E-state index in [2.05, 4.69) is 9.88 Å². The van der Waals surface area contributed by atoms with Crippen LogP contribution in [0.2, 0.25) is 0 Å². The quantitative estimate of drug-likeness (QED) is 0.298. The van der Waals surface area contributed by atoms with Crippen LogP contribution in [0.3, 0.4) is 0 Å². The van der Waals surface area contributed by atoms with Crippen LogP contribution in [0.1, 0.15) is 52.4 Å². The molecular weight excluding hydrogens is 594 g/mol. The highest BCUT2D eigenvalue weighted by Gasteiger charge is 2.47. The Kier molecular flexibility index (Phi) is 8.10. The van der Waals surface area contributed by atoms with Gasteiger partial charge in [0.25, 0.3) is 5.56 Å². The van der Waals surface area contributed by atoms with Crippen molar-refractivity contribution in [3.8, 4) is 5.88 Å². The molecular formula is C32H31F4N5O4. The summed E-state index contributed by atoms with van der Waals surface area (Å²) in [7, 11) is 0. The largest absolute Gasteiger partial charge is 0.493 e. The molecule has 236 valence electrons. The lowest BCUT2D eigenvalue weighted by Gasteiger charge is -2.38. The van der Waals surface area contributed by atoms with E-state index in [1.807, 2.05) is 0 Å². The van der Waals surface area contributed by atoms with Gasteiger partial charge in [-0.1, -0.05) is 42.5 Å². The summed E-state index contributed by atoms with van der Waals surface area (Å²) in [5.41, 5.74) is 3.79. The Labute approximate surface area is 255 Å². The Morgan fingerprint density at radius 2 is 1.71 bits per heavy atom. The van der Waals surface area contributed by atoms with Crippen LogP contribution in [0.25, 0.3) is 0 Å². The summed E-state index contributed by atoms with van der Waals surface area (Å²) in [5.74, 6) is -1.20. The predicted octanol–water partition coefficient (Wildman–Crippen LogP) is 4.04. The Morgan fingerprint density at radius 3 is 2.38 bits per heavy atom. The fourth-order valence-electron chi connectivity index (χ4n) is 6.33. The van der Waals surface area contributed by atoms with E-state index in [1.54, 1.807) is 42.6 Å². The number of nitrogens with zero attached hydrogens (tertiary/aromatic N) is 4. The van der Waals surface area contributed by atoms with E-state index in [4.69, 9.17) is 10.5 Å². The van der Waals surface area contributed by atoms with Crippen molar-refractivity contribution in [1.82, 2.24) is 19.0 Å². The van der Waals surface area contributed by atoms with Gasteiger partial charge in [0.1, 0.15) is 11.4 Å². The number of piperidine rings is 1. The Bertz CT molecular complexity index is 1820. The van der Waals surface area contributed by atoms with Gasteiger partial charge in [0.15, 0.2) is 0 Å². The molecule has 4 heterocycles. The summed E-state index contributed by atoms with van der Waals surface area (Å²) in [5, 5.41) is 9.49. The lowest BCUT2D eigenvalue weighted by molar-refractivity contribution is -0.138. The lowest BCUT2D eigenvalue weighted by atomic mass is 9.85. The maximum atomic E-state index is 15.0. The summed E-state index contributed by atoms with van der Waals surface area (Å²) in [6, 6.07) is 14.0. The molecule has 6 rings (SSSR count). The molecule has 4 aromatic rings. The second-order valence-electron chi connectivity index (χ2n) is 11.5. The maximum absolute atomic E-state index is 15.0. The zero-order valence-corrected chi connectivity index (χ0v) is 24.1. The van der Waals surface area contributed by atoms with Crippen LogP contribution >= 0.6 is 0 Å².